The lowest BCUT2D eigenvalue weighted by molar-refractivity contribution is -0.132. The van der Waals surface area contributed by atoms with Gasteiger partial charge in [-0.2, -0.15) is 0 Å². The van der Waals surface area contributed by atoms with E-state index in [1.165, 1.54) is 5.01 Å². The van der Waals surface area contributed by atoms with E-state index in [4.69, 9.17) is 0 Å². The number of hydrogen-bond acceptors (Lipinski definition) is 3. The van der Waals surface area contributed by atoms with Crippen LogP contribution in [0.4, 0.5) is 0 Å². The third kappa shape index (κ3) is 1.27. The van der Waals surface area contributed by atoms with Crippen molar-refractivity contribution in [3.8, 4) is 0 Å². The number of carbonyl (C=O) groups is 1. The second kappa shape index (κ2) is 2.70. The average molecular weight is 141 g/mol. The molecule has 0 fully saturated rings. The van der Waals surface area contributed by atoms with Crippen LogP contribution in [-0.4, -0.2) is 36.5 Å². The van der Waals surface area contributed by atoms with Crippen molar-refractivity contribution in [2.45, 2.75) is 0 Å². The van der Waals surface area contributed by atoms with E-state index in [1.807, 2.05) is 18.1 Å². The van der Waals surface area contributed by atoms with Crippen LogP contribution in [0, 0.1) is 0 Å². The molecule has 0 aliphatic carbocycles. The molecule has 0 atom stereocenters. The van der Waals surface area contributed by atoms with Gasteiger partial charge in [-0.1, -0.05) is 0 Å². The quantitative estimate of drug-likeness (QED) is 0.528. The van der Waals surface area contributed by atoms with Gasteiger partial charge < -0.3 is 4.90 Å². The number of hydrazine groups is 1. The fraction of sp³-hybridized carbons (Fsp3) is 0.500. The van der Waals surface area contributed by atoms with Crippen molar-refractivity contribution in [1.29, 1.82) is 0 Å². The Balaban J connectivity index is 2.62. The number of nitrogens with one attached hydrogen (secondary N) is 1. The normalized spacial score (nSPS) is 18.4. The summed E-state index contributed by atoms with van der Waals surface area (Å²) in [6, 6.07) is 0. The van der Waals surface area contributed by atoms with Gasteiger partial charge in [-0.3, -0.25) is 9.80 Å². The van der Waals surface area contributed by atoms with Crippen LogP contribution in [0.3, 0.4) is 0 Å². The van der Waals surface area contributed by atoms with Gasteiger partial charge >= 0.3 is 0 Å². The molecular formula is C6H11N3O. The van der Waals surface area contributed by atoms with Gasteiger partial charge in [0.2, 0.25) is 0 Å². The highest BCUT2D eigenvalue weighted by molar-refractivity contribution is 5.79. The van der Waals surface area contributed by atoms with E-state index in [0.29, 0.717) is 6.54 Å². The molecule has 1 aliphatic heterocycles. The van der Waals surface area contributed by atoms with E-state index in [2.05, 4.69) is 5.43 Å². The molecule has 0 aromatic rings. The lowest BCUT2D eigenvalue weighted by Gasteiger charge is -2.25. The first-order valence-corrected chi connectivity index (χ1v) is 3.12. The highest BCUT2D eigenvalue weighted by Gasteiger charge is 2.13. The van der Waals surface area contributed by atoms with Crippen LogP contribution in [0.25, 0.3) is 0 Å². The maximum Gasteiger partial charge on any atom is 0.260 e. The fourth-order valence-electron chi connectivity index (χ4n) is 0.805. The summed E-state index contributed by atoms with van der Waals surface area (Å²) < 4.78 is 0. The first kappa shape index (κ1) is 7.08. The fourth-order valence-corrected chi connectivity index (χ4v) is 0.805. The number of carbonyl (C=O) groups excluding carboxylic acids is 1. The van der Waals surface area contributed by atoms with Gasteiger partial charge in [-0.05, 0) is 0 Å². The summed E-state index contributed by atoms with van der Waals surface area (Å²) in [5.74, 6) is 0.0625. The Hall–Kier alpha value is -1.03. The summed E-state index contributed by atoms with van der Waals surface area (Å²) in [5, 5.41) is 1.46. The Morgan fingerprint density at radius 3 is 2.80 bits per heavy atom. The summed E-state index contributed by atoms with van der Waals surface area (Å²) in [6.45, 7) is 0.442. The third-order valence-corrected chi connectivity index (χ3v) is 1.36. The lowest BCUT2D eigenvalue weighted by Crippen LogP contribution is -2.44. The van der Waals surface area contributed by atoms with Crippen molar-refractivity contribution >= 4 is 5.91 Å². The Morgan fingerprint density at radius 2 is 2.30 bits per heavy atom. The standard InChI is InChI=1S/C6H11N3O/c1-7-9-4-3-8(2)5-6(9)10/h3-4,7H,5H2,1-2H3. The van der Waals surface area contributed by atoms with Crippen molar-refractivity contribution in [3.63, 3.8) is 0 Å². The molecule has 10 heavy (non-hydrogen) atoms. The number of hydrogen-bond donors (Lipinski definition) is 1. The van der Waals surface area contributed by atoms with E-state index in [-0.39, 0.29) is 5.91 Å². The van der Waals surface area contributed by atoms with Crippen LogP contribution >= 0.6 is 0 Å². The average Bonchev–Trinajstić information content (AvgIpc) is 1.88. The molecule has 0 saturated carbocycles. The van der Waals surface area contributed by atoms with E-state index < -0.39 is 0 Å². The molecule has 4 heteroatoms. The van der Waals surface area contributed by atoms with Crippen LogP contribution in [0.2, 0.25) is 0 Å². The van der Waals surface area contributed by atoms with Crippen LogP contribution in [-0.2, 0) is 4.79 Å². The van der Waals surface area contributed by atoms with Crippen LogP contribution in [0.15, 0.2) is 12.4 Å². The Kier molecular flexibility index (Phi) is 1.91. The van der Waals surface area contributed by atoms with Crippen molar-refractivity contribution in [1.82, 2.24) is 15.3 Å². The van der Waals surface area contributed by atoms with Gasteiger partial charge in [0.15, 0.2) is 0 Å². The van der Waals surface area contributed by atoms with E-state index in [9.17, 15) is 4.79 Å². The topological polar surface area (TPSA) is 35.6 Å². The second-order valence-corrected chi connectivity index (χ2v) is 2.20. The SMILES string of the molecule is CNN1C=CN(C)CC1=O. The molecule has 1 aliphatic rings. The molecule has 1 N–H and O–H groups in total. The van der Waals surface area contributed by atoms with Crippen molar-refractivity contribution in [3.05, 3.63) is 12.4 Å². The van der Waals surface area contributed by atoms with E-state index >= 15 is 0 Å². The Labute approximate surface area is 60.1 Å². The zero-order valence-corrected chi connectivity index (χ0v) is 6.16. The summed E-state index contributed by atoms with van der Waals surface area (Å²) in [5.41, 5.74) is 2.74. The monoisotopic (exact) mass is 141 g/mol. The lowest BCUT2D eigenvalue weighted by atomic mass is 10.4. The number of rotatable bonds is 1. The molecule has 0 radical (unpaired) electrons. The predicted octanol–water partition coefficient (Wildman–Crippen LogP) is -0.634. The summed E-state index contributed by atoms with van der Waals surface area (Å²) in [6.07, 6.45) is 3.55. The molecule has 0 saturated heterocycles. The number of nitrogens with zero attached hydrogens (tertiary/aromatic N) is 2. The maximum absolute atomic E-state index is 11.0. The minimum Gasteiger partial charge on any atom is -0.370 e. The molecule has 0 unspecified atom stereocenters. The molecule has 1 amide bonds. The molecule has 0 spiro atoms. The molecule has 0 aromatic carbocycles. The summed E-state index contributed by atoms with van der Waals surface area (Å²) in [4.78, 5) is 12.8. The Bertz CT molecular complexity index is 166. The molecule has 1 heterocycles. The van der Waals surface area contributed by atoms with Gasteiger partial charge in [0.25, 0.3) is 5.91 Å². The highest BCUT2D eigenvalue weighted by Crippen LogP contribution is 1.97. The zero-order chi connectivity index (χ0) is 7.56. The molecule has 1 rings (SSSR count). The minimum absolute atomic E-state index is 0.0625. The van der Waals surface area contributed by atoms with Gasteiger partial charge in [0.1, 0.15) is 0 Å². The third-order valence-electron chi connectivity index (χ3n) is 1.36. The van der Waals surface area contributed by atoms with Crippen LogP contribution in [0.5, 0.6) is 0 Å². The molecule has 0 bridgehead atoms. The van der Waals surface area contributed by atoms with Gasteiger partial charge in [0, 0.05) is 26.5 Å². The maximum atomic E-state index is 11.0. The van der Waals surface area contributed by atoms with Crippen LogP contribution < -0.4 is 5.43 Å². The van der Waals surface area contributed by atoms with Crippen molar-refractivity contribution < 1.29 is 4.79 Å². The number of amides is 1. The van der Waals surface area contributed by atoms with E-state index in [1.54, 1.807) is 13.2 Å². The van der Waals surface area contributed by atoms with Gasteiger partial charge in [-0.15, -0.1) is 0 Å². The molecule has 0 aromatic heterocycles. The van der Waals surface area contributed by atoms with Gasteiger partial charge in [-0.25, -0.2) is 5.43 Å². The molecule has 4 nitrogen and oxygen atoms in total. The Morgan fingerprint density at radius 1 is 1.60 bits per heavy atom. The van der Waals surface area contributed by atoms with Crippen LogP contribution in [0.1, 0.15) is 0 Å². The minimum atomic E-state index is 0.0625. The van der Waals surface area contributed by atoms with E-state index in [0.717, 1.165) is 0 Å². The smallest absolute Gasteiger partial charge is 0.260 e. The van der Waals surface area contributed by atoms with Gasteiger partial charge in [0.05, 0.1) is 6.54 Å². The highest BCUT2D eigenvalue weighted by atomic mass is 16.2. The summed E-state index contributed by atoms with van der Waals surface area (Å²) >= 11 is 0. The van der Waals surface area contributed by atoms with Crippen molar-refractivity contribution in [2.75, 3.05) is 20.6 Å². The first-order valence-electron chi connectivity index (χ1n) is 3.12. The second-order valence-electron chi connectivity index (χ2n) is 2.20. The first-order chi connectivity index (χ1) is 4.74. The van der Waals surface area contributed by atoms with Crippen molar-refractivity contribution in [2.24, 2.45) is 0 Å². The molecular weight excluding hydrogens is 130 g/mol. The summed E-state index contributed by atoms with van der Waals surface area (Å²) in [7, 11) is 3.58. The zero-order valence-electron chi connectivity index (χ0n) is 6.16. The molecule has 56 valence electrons. The predicted molar refractivity (Wildman–Crippen MR) is 37.7 cm³/mol. The largest absolute Gasteiger partial charge is 0.370 e. The number of likely N-dealkylation sites (N-methyl/N-ethyl adjacent to an activating group) is 1.